The van der Waals surface area contributed by atoms with Crippen LogP contribution in [0.25, 0.3) is 0 Å². The summed E-state index contributed by atoms with van der Waals surface area (Å²) in [6, 6.07) is -5.95. The summed E-state index contributed by atoms with van der Waals surface area (Å²) in [7, 11) is 0. The van der Waals surface area contributed by atoms with Crippen LogP contribution in [0.5, 0.6) is 0 Å². The van der Waals surface area contributed by atoms with Gasteiger partial charge in [0.05, 0.1) is 12.6 Å². The minimum Gasteiger partial charge on any atom is -0.370 e. The minimum absolute atomic E-state index is 0.0154. The maximum atomic E-state index is 13.9. The fourth-order valence-corrected chi connectivity index (χ4v) is 5.26. The van der Waals surface area contributed by atoms with Crippen LogP contribution in [0, 0.1) is 27.0 Å². The van der Waals surface area contributed by atoms with E-state index in [1.54, 1.807) is 0 Å². The molecule has 0 aliphatic rings. The molecule has 0 aliphatic heterocycles. The van der Waals surface area contributed by atoms with Crippen LogP contribution < -0.4 is 87.6 Å². The average Bonchev–Trinajstić information content (AvgIpc) is 3.16. The Morgan fingerprint density at radius 2 is 0.678 bits per heavy atom. The zero-order valence-electron chi connectivity index (χ0n) is 33.2. The lowest BCUT2D eigenvalue weighted by molar-refractivity contribution is -0.135. The summed E-state index contributed by atoms with van der Waals surface area (Å²) in [4.78, 5) is 79.0. The Bertz CT molecular complexity index is 1430. The summed E-state index contributed by atoms with van der Waals surface area (Å²) in [5.74, 6) is -5.24. The Labute approximate surface area is 342 Å². The number of carbonyl (C=O) groups excluding carboxylic acids is 6. The summed E-state index contributed by atoms with van der Waals surface area (Å²) >= 11 is 0. The van der Waals surface area contributed by atoms with Gasteiger partial charge in [-0.15, -0.1) is 0 Å². The van der Waals surface area contributed by atoms with E-state index in [0.29, 0.717) is 12.7 Å². The first-order chi connectivity index (χ1) is 27.9. The van der Waals surface area contributed by atoms with E-state index in [2.05, 4.69) is 53.2 Å². The van der Waals surface area contributed by atoms with Gasteiger partial charge in [-0.1, -0.05) is 0 Å². The fourth-order valence-electron chi connectivity index (χ4n) is 5.26. The Kier molecular flexibility index (Phi) is 27.0. The van der Waals surface area contributed by atoms with Crippen LogP contribution in [0.2, 0.25) is 0 Å². The van der Waals surface area contributed by atoms with Crippen LogP contribution in [0.4, 0.5) is 0 Å². The Morgan fingerprint density at radius 1 is 0.424 bits per heavy atom. The van der Waals surface area contributed by atoms with Crippen LogP contribution in [-0.4, -0.2) is 135 Å². The molecule has 334 valence electrons. The second kappa shape index (κ2) is 30.5. The molecule has 27 nitrogen and oxygen atoms in total. The zero-order valence-corrected chi connectivity index (χ0v) is 33.2. The molecule has 0 spiro atoms. The van der Waals surface area contributed by atoms with Crippen molar-refractivity contribution in [2.45, 2.75) is 94.4 Å². The third kappa shape index (κ3) is 26.8. The van der Waals surface area contributed by atoms with Crippen LogP contribution in [0.1, 0.15) is 64.2 Å². The molecule has 27 heteroatoms. The molecule has 0 rings (SSSR count). The highest BCUT2D eigenvalue weighted by atomic mass is 16.2. The minimum atomic E-state index is -1.32. The predicted octanol–water partition coefficient (Wildman–Crippen LogP) is -7.12. The van der Waals surface area contributed by atoms with E-state index in [0.717, 1.165) is 0 Å². The third-order valence-corrected chi connectivity index (χ3v) is 8.18. The number of amides is 5. The van der Waals surface area contributed by atoms with Crippen molar-refractivity contribution in [2.24, 2.45) is 34.4 Å². The lowest BCUT2D eigenvalue weighted by Gasteiger charge is -2.27. The summed E-state index contributed by atoms with van der Waals surface area (Å²) in [6.07, 6.45) is 2.02. The molecule has 5 amide bonds. The molecular formula is C32H65N21O6. The number of hydrogen-bond donors (Lipinski definition) is 21. The zero-order chi connectivity index (χ0) is 44.8. The first-order valence-corrected chi connectivity index (χ1v) is 19.0. The molecule has 0 bridgehead atoms. The summed E-state index contributed by atoms with van der Waals surface area (Å²) in [5, 5.41) is 62.8. The predicted molar refractivity (Wildman–Crippen MR) is 221 cm³/mol. The lowest BCUT2D eigenvalue weighted by Crippen LogP contribution is -2.59. The quantitative estimate of drug-likeness (QED) is 0.0133. The van der Waals surface area contributed by atoms with E-state index in [9.17, 15) is 28.8 Å². The van der Waals surface area contributed by atoms with Gasteiger partial charge in [0.1, 0.15) is 30.5 Å². The number of nitrogens with two attached hydrogens (primary N) is 6. The summed E-state index contributed by atoms with van der Waals surface area (Å²) in [5.41, 5.74) is 32.2. The summed E-state index contributed by atoms with van der Waals surface area (Å²) < 4.78 is 0. The molecule has 27 N–H and O–H groups in total. The van der Waals surface area contributed by atoms with Gasteiger partial charge in [-0.3, -0.25) is 51.0 Å². The highest BCUT2D eigenvalue weighted by Gasteiger charge is 2.31. The number of nitrogens with one attached hydrogen (secondary N) is 15. The van der Waals surface area contributed by atoms with Gasteiger partial charge in [-0.05, 0) is 64.2 Å². The van der Waals surface area contributed by atoms with Crippen molar-refractivity contribution >= 4 is 65.6 Å². The summed E-state index contributed by atoms with van der Waals surface area (Å²) in [6.45, 7) is 0.485. The van der Waals surface area contributed by atoms with Crippen LogP contribution in [-0.2, 0) is 28.8 Å². The van der Waals surface area contributed by atoms with Crippen LogP contribution in [0.15, 0.2) is 0 Å². The van der Waals surface area contributed by atoms with Gasteiger partial charge in [0.15, 0.2) is 29.8 Å². The van der Waals surface area contributed by atoms with E-state index >= 15 is 0 Å². The van der Waals surface area contributed by atoms with E-state index in [1.165, 1.54) is 0 Å². The third-order valence-electron chi connectivity index (χ3n) is 8.18. The van der Waals surface area contributed by atoms with E-state index in [-0.39, 0.29) is 120 Å². The highest BCUT2D eigenvalue weighted by molar-refractivity contribution is 5.96. The molecule has 0 fully saturated rings. The number of hydrogen-bond acceptors (Lipinski definition) is 12. The molecule has 0 unspecified atom stereocenters. The first kappa shape index (κ1) is 52.3. The molecule has 59 heavy (non-hydrogen) atoms. The molecule has 0 saturated carbocycles. The second-order valence-corrected chi connectivity index (χ2v) is 13.2. The van der Waals surface area contributed by atoms with Crippen molar-refractivity contribution in [3.63, 3.8) is 0 Å². The van der Waals surface area contributed by atoms with Crippen molar-refractivity contribution in [1.82, 2.24) is 53.2 Å². The average molecular weight is 840 g/mol. The van der Waals surface area contributed by atoms with Crippen molar-refractivity contribution in [2.75, 3.05) is 39.3 Å². The SMILES string of the molecule is N=C(N)NCCC[C@H](C=O)NC(=O)[C@@H](CCCNC(=N)N)NC(=O)[C@@H](CCCNC(=N)N)NC(=O)[C@@H](CCCNC(=N)N)NC(=O)[C@@H](CCCNC(=N)N)NC(=O)CN. The van der Waals surface area contributed by atoms with Gasteiger partial charge in [-0.2, -0.15) is 0 Å². The van der Waals surface area contributed by atoms with Gasteiger partial charge in [0.25, 0.3) is 0 Å². The van der Waals surface area contributed by atoms with Crippen molar-refractivity contribution in [3.05, 3.63) is 0 Å². The van der Waals surface area contributed by atoms with Crippen molar-refractivity contribution in [1.29, 1.82) is 27.0 Å². The van der Waals surface area contributed by atoms with E-state index < -0.39 is 66.3 Å². The molecule has 0 aromatic heterocycles. The van der Waals surface area contributed by atoms with Crippen molar-refractivity contribution < 1.29 is 28.8 Å². The van der Waals surface area contributed by atoms with E-state index in [4.69, 9.17) is 61.4 Å². The van der Waals surface area contributed by atoms with Crippen LogP contribution >= 0.6 is 0 Å². The molecular weight excluding hydrogens is 774 g/mol. The van der Waals surface area contributed by atoms with Gasteiger partial charge >= 0.3 is 0 Å². The maximum absolute atomic E-state index is 13.9. The standard InChI is InChI=1S/C32H65N21O6/c33-16-23(55)50-19(7-2-12-45-29(36)37)25(57)52-21(9-4-14-47-31(40)41)27(59)53-22(10-5-15-48-32(42)43)26(58)51-20(8-3-13-46-30(38)39)24(56)49-18(17-54)6-1-11-44-28(34)35/h17-22H,1-16,33H2,(H,49,56)(H,50,55)(H,51,58)(H,52,57)(H,53,59)(H4,34,35,44)(H4,36,37,45)(H4,38,39,46)(H4,40,41,47)(H4,42,43,48)/t18-,19-,20-,21-,22-/m1/s1. The van der Waals surface area contributed by atoms with Gasteiger partial charge in [0.2, 0.25) is 29.5 Å². The Morgan fingerprint density at radius 3 is 0.932 bits per heavy atom. The van der Waals surface area contributed by atoms with Gasteiger partial charge < -0.3 is 92.4 Å². The monoisotopic (exact) mass is 840 g/mol. The largest absolute Gasteiger partial charge is 0.370 e. The number of rotatable bonds is 31. The second-order valence-electron chi connectivity index (χ2n) is 13.2. The topological polar surface area (TPSA) is 498 Å². The van der Waals surface area contributed by atoms with Gasteiger partial charge in [0, 0.05) is 32.7 Å². The molecule has 0 saturated heterocycles. The smallest absolute Gasteiger partial charge is 0.243 e. The first-order valence-electron chi connectivity index (χ1n) is 19.0. The Balaban J connectivity index is 6.43. The molecule has 0 aromatic carbocycles. The van der Waals surface area contributed by atoms with Crippen molar-refractivity contribution in [3.8, 4) is 0 Å². The molecule has 5 atom stereocenters. The number of guanidine groups is 5. The highest BCUT2D eigenvalue weighted by Crippen LogP contribution is 2.07. The molecule has 0 aromatic rings. The molecule has 0 heterocycles. The fraction of sp³-hybridized carbons (Fsp3) is 0.656. The number of carbonyl (C=O) groups is 6. The number of aldehydes is 1. The van der Waals surface area contributed by atoms with Crippen LogP contribution in [0.3, 0.4) is 0 Å². The maximum Gasteiger partial charge on any atom is 0.243 e. The lowest BCUT2D eigenvalue weighted by atomic mass is 10.0. The van der Waals surface area contributed by atoms with E-state index in [1.807, 2.05) is 0 Å². The molecule has 0 radical (unpaired) electrons. The Hall–Kier alpha value is -6.67. The normalized spacial score (nSPS) is 13.0. The van der Waals surface area contributed by atoms with Gasteiger partial charge in [-0.25, -0.2) is 0 Å². The molecule has 0 aliphatic carbocycles.